The fraction of sp³-hybridized carbons (Fsp3) is 0.222. The Morgan fingerprint density at radius 2 is 1.78 bits per heavy atom. The van der Waals surface area contributed by atoms with Gasteiger partial charge in [-0.1, -0.05) is 23.5 Å². The van der Waals surface area contributed by atoms with Crippen molar-refractivity contribution in [2.45, 2.75) is 12.6 Å². The number of rotatable bonds is 3. The Hall–Kier alpha value is -2.81. The highest BCUT2D eigenvalue weighted by molar-refractivity contribution is 7.22. The molecule has 2 aromatic carbocycles. The first kappa shape index (κ1) is 17.6. The number of carbonyl (C=O) groups is 1. The zero-order valence-electron chi connectivity index (χ0n) is 13.8. The molecule has 3 aromatic rings. The van der Waals surface area contributed by atoms with Crippen molar-refractivity contribution in [2.24, 2.45) is 0 Å². The highest BCUT2D eigenvalue weighted by Gasteiger charge is 2.30. The molecule has 0 atom stereocenters. The van der Waals surface area contributed by atoms with E-state index in [1.807, 2.05) is 6.07 Å². The zero-order valence-corrected chi connectivity index (χ0v) is 14.6. The van der Waals surface area contributed by atoms with Crippen molar-refractivity contribution >= 4 is 32.6 Å². The van der Waals surface area contributed by atoms with Gasteiger partial charge in [-0.15, -0.1) is 0 Å². The molecular weight excluding hydrogens is 381 g/mol. The van der Waals surface area contributed by atoms with Gasteiger partial charge in [-0.05, 0) is 17.7 Å². The fourth-order valence-corrected chi connectivity index (χ4v) is 3.57. The maximum absolute atomic E-state index is 12.6. The lowest BCUT2D eigenvalue weighted by molar-refractivity contribution is -0.137. The highest BCUT2D eigenvalue weighted by Crippen LogP contribution is 2.37. The number of fused-ring (bicyclic) bond motifs is 2. The molecule has 5 nitrogen and oxygen atoms in total. The molecule has 140 valence electrons. The molecule has 1 N–H and O–H groups in total. The number of thiazole rings is 1. The summed E-state index contributed by atoms with van der Waals surface area (Å²) in [5.41, 5.74) is 0.416. The SMILES string of the molecule is O=C(Cc1ccc(C(F)(F)F)cc1)Nc1nc2cc3c(cc2s1)OCCO3. The summed E-state index contributed by atoms with van der Waals surface area (Å²) in [6.45, 7) is 0.952. The van der Waals surface area contributed by atoms with E-state index in [-0.39, 0.29) is 12.3 Å². The van der Waals surface area contributed by atoms with Gasteiger partial charge in [0, 0.05) is 12.1 Å². The number of aromatic nitrogens is 1. The van der Waals surface area contributed by atoms with Gasteiger partial charge >= 0.3 is 6.18 Å². The molecule has 0 fully saturated rings. The Morgan fingerprint density at radius 1 is 1.11 bits per heavy atom. The van der Waals surface area contributed by atoms with Crippen molar-refractivity contribution in [1.29, 1.82) is 0 Å². The number of nitrogens with zero attached hydrogens (tertiary/aromatic N) is 1. The lowest BCUT2D eigenvalue weighted by Crippen LogP contribution is -2.15. The smallest absolute Gasteiger partial charge is 0.416 e. The molecule has 4 rings (SSSR count). The van der Waals surface area contributed by atoms with E-state index in [0.717, 1.165) is 16.8 Å². The molecule has 9 heteroatoms. The van der Waals surface area contributed by atoms with Gasteiger partial charge in [-0.2, -0.15) is 13.2 Å². The van der Waals surface area contributed by atoms with Gasteiger partial charge in [0.2, 0.25) is 5.91 Å². The van der Waals surface area contributed by atoms with Crippen LogP contribution in [-0.2, 0) is 17.4 Å². The normalized spacial score (nSPS) is 13.6. The Balaban J connectivity index is 1.46. The van der Waals surface area contributed by atoms with Crippen LogP contribution >= 0.6 is 11.3 Å². The number of hydrogen-bond donors (Lipinski definition) is 1. The average molecular weight is 394 g/mol. The highest BCUT2D eigenvalue weighted by atomic mass is 32.1. The van der Waals surface area contributed by atoms with E-state index in [4.69, 9.17) is 9.47 Å². The molecule has 0 saturated heterocycles. The zero-order chi connectivity index (χ0) is 19.0. The number of alkyl halides is 3. The molecule has 2 heterocycles. The Kier molecular flexibility index (Phi) is 4.39. The molecule has 1 aliphatic rings. The monoisotopic (exact) mass is 394 g/mol. The standard InChI is InChI=1S/C18H13F3N2O3S/c19-18(20,21)11-3-1-10(2-4-11)7-16(24)23-17-22-12-8-13-14(9-15(12)27-17)26-6-5-25-13/h1-4,8-9H,5-7H2,(H,22,23,24). The summed E-state index contributed by atoms with van der Waals surface area (Å²) in [5, 5.41) is 3.09. The Morgan fingerprint density at radius 3 is 2.44 bits per heavy atom. The maximum Gasteiger partial charge on any atom is 0.416 e. The number of ether oxygens (including phenoxy) is 2. The van der Waals surface area contributed by atoms with Crippen molar-refractivity contribution in [2.75, 3.05) is 18.5 Å². The van der Waals surface area contributed by atoms with Crippen LogP contribution in [0.5, 0.6) is 11.5 Å². The van der Waals surface area contributed by atoms with Crippen LogP contribution < -0.4 is 14.8 Å². The molecular formula is C18H13F3N2O3S. The molecule has 0 saturated carbocycles. The van der Waals surface area contributed by atoms with Gasteiger partial charge in [-0.3, -0.25) is 4.79 Å². The van der Waals surface area contributed by atoms with E-state index in [1.54, 1.807) is 6.07 Å². The van der Waals surface area contributed by atoms with E-state index in [9.17, 15) is 18.0 Å². The van der Waals surface area contributed by atoms with Crippen LogP contribution in [0.3, 0.4) is 0 Å². The summed E-state index contributed by atoms with van der Waals surface area (Å²) in [5.74, 6) is 0.896. The van der Waals surface area contributed by atoms with Crippen LogP contribution in [0.25, 0.3) is 10.2 Å². The van der Waals surface area contributed by atoms with E-state index in [2.05, 4.69) is 10.3 Å². The van der Waals surface area contributed by atoms with Crippen molar-refractivity contribution in [3.05, 3.63) is 47.5 Å². The van der Waals surface area contributed by atoms with E-state index >= 15 is 0 Å². The maximum atomic E-state index is 12.6. The van der Waals surface area contributed by atoms with Crippen LogP contribution in [0.4, 0.5) is 18.3 Å². The number of nitrogens with one attached hydrogen (secondary N) is 1. The summed E-state index contributed by atoms with van der Waals surface area (Å²) in [6.07, 6.45) is -4.44. The minimum atomic E-state index is -4.39. The summed E-state index contributed by atoms with van der Waals surface area (Å²) in [4.78, 5) is 16.5. The molecule has 0 aliphatic carbocycles. The average Bonchev–Trinajstić information content (AvgIpc) is 3.00. The van der Waals surface area contributed by atoms with Crippen molar-refractivity contribution in [3.8, 4) is 11.5 Å². The third-order valence-corrected chi connectivity index (χ3v) is 4.88. The topological polar surface area (TPSA) is 60.5 Å². The second-order valence-electron chi connectivity index (χ2n) is 5.90. The Bertz CT molecular complexity index is 956. The number of carbonyl (C=O) groups excluding carboxylic acids is 1. The summed E-state index contributed by atoms with van der Waals surface area (Å²) in [6, 6.07) is 8.08. The number of hydrogen-bond acceptors (Lipinski definition) is 5. The fourth-order valence-electron chi connectivity index (χ4n) is 2.68. The van der Waals surface area contributed by atoms with E-state index in [0.29, 0.717) is 40.9 Å². The van der Waals surface area contributed by atoms with Gasteiger partial charge in [0.15, 0.2) is 16.6 Å². The second kappa shape index (κ2) is 6.73. The lowest BCUT2D eigenvalue weighted by atomic mass is 10.1. The molecule has 0 spiro atoms. The van der Waals surface area contributed by atoms with Crippen LogP contribution in [0.2, 0.25) is 0 Å². The van der Waals surface area contributed by atoms with Gasteiger partial charge < -0.3 is 14.8 Å². The third-order valence-electron chi connectivity index (χ3n) is 3.94. The number of amides is 1. The second-order valence-corrected chi connectivity index (χ2v) is 6.93. The molecule has 0 bridgehead atoms. The van der Waals surface area contributed by atoms with Gasteiger partial charge in [0.1, 0.15) is 13.2 Å². The Labute approximate surface area is 155 Å². The van der Waals surface area contributed by atoms with Crippen LogP contribution in [-0.4, -0.2) is 24.1 Å². The van der Waals surface area contributed by atoms with Crippen molar-refractivity contribution < 1.29 is 27.4 Å². The predicted molar refractivity (Wildman–Crippen MR) is 94.4 cm³/mol. The minimum absolute atomic E-state index is 0.0449. The van der Waals surface area contributed by atoms with Gasteiger partial charge in [0.05, 0.1) is 22.2 Å². The molecule has 1 amide bonds. The molecule has 1 aliphatic heterocycles. The van der Waals surface area contributed by atoms with Crippen molar-refractivity contribution in [3.63, 3.8) is 0 Å². The summed E-state index contributed by atoms with van der Waals surface area (Å²) < 4.78 is 49.6. The minimum Gasteiger partial charge on any atom is -0.486 e. The van der Waals surface area contributed by atoms with E-state index in [1.165, 1.54) is 23.5 Å². The molecule has 0 unspecified atom stereocenters. The molecule has 0 radical (unpaired) electrons. The van der Waals surface area contributed by atoms with Crippen LogP contribution in [0, 0.1) is 0 Å². The number of benzene rings is 2. The number of anilines is 1. The first-order valence-corrected chi connectivity index (χ1v) is 8.86. The molecule has 27 heavy (non-hydrogen) atoms. The summed E-state index contributed by atoms with van der Waals surface area (Å²) in [7, 11) is 0. The molecule has 1 aromatic heterocycles. The lowest BCUT2D eigenvalue weighted by Gasteiger charge is -2.17. The third kappa shape index (κ3) is 3.82. The quantitative estimate of drug-likeness (QED) is 0.721. The van der Waals surface area contributed by atoms with Crippen molar-refractivity contribution in [1.82, 2.24) is 4.98 Å². The van der Waals surface area contributed by atoms with Crippen LogP contribution in [0.15, 0.2) is 36.4 Å². The van der Waals surface area contributed by atoms with E-state index < -0.39 is 11.7 Å². The summed E-state index contributed by atoms with van der Waals surface area (Å²) >= 11 is 1.29. The first-order valence-electron chi connectivity index (χ1n) is 8.05. The first-order chi connectivity index (χ1) is 12.9. The number of halogens is 3. The van der Waals surface area contributed by atoms with Crippen LogP contribution in [0.1, 0.15) is 11.1 Å². The van der Waals surface area contributed by atoms with Gasteiger partial charge in [-0.25, -0.2) is 4.98 Å². The predicted octanol–water partition coefficient (Wildman–Crippen LogP) is 4.27. The largest absolute Gasteiger partial charge is 0.486 e. The van der Waals surface area contributed by atoms with Gasteiger partial charge in [0.25, 0.3) is 0 Å².